The van der Waals surface area contributed by atoms with E-state index in [2.05, 4.69) is 5.32 Å². The van der Waals surface area contributed by atoms with Gasteiger partial charge < -0.3 is 14.4 Å². The molecule has 1 atom stereocenters. The summed E-state index contributed by atoms with van der Waals surface area (Å²) in [6.45, 7) is 3.79. The summed E-state index contributed by atoms with van der Waals surface area (Å²) >= 11 is 0. The predicted molar refractivity (Wildman–Crippen MR) is 126 cm³/mol. The standard InChI is InChI=1S/C25H24F4N2O4S/c1-3-17(2)31(24(32)30-21-6-4-5-19(15-21)25(27,28)29)16-18-7-11-22(12-8-18)35-36(33,34)23-13-9-20(26)10-14-23/h4-15,17H,3,16H2,1-2H3,(H,30,32). The number of amides is 2. The van der Waals surface area contributed by atoms with Gasteiger partial charge in [-0.1, -0.05) is 25.1 Å². The number of carbonyl (C=O) groups excluding carboxylic acids is 1. The van der Waals surface area contributed by atoms with Crippen LogP contribution in [0.1, 0.15) is 31.4 Å². The molecule has 0 aliphatic carbocycles. The number of urea groups is 1. The van der Waals surface area contributed by atoms with Gasteiger partial charge in [0.15, 0.2) is 0 Å². The van der Waals surface area contributed by atoms with Crippen molar-refractivity contribution in [1.82, 2.24) is 4.90 Å². The molecule has 0 aromatic heterocycles. The Bertz CT molecular complexity index is 1290. The lowest BCUT2D eigenvalue weighted by molar-refractivity contribution is -0.137. The molecule has 11 heteroatoms. The summed E-state index contributed by atoms with van der Waals surface area (Å²) in [5, 5.41) is 2.51. The van der Waals surface area contributed by atoms with Crippen molar-refractivity contribution < 1.29 is 35.0 Å². The van der Waals surface area contributed by atoms with Crippen molar-refractivity contribution in [1.29, 1.82) is 0 Å². The molecule has 0 saturated heterocycles. The minimum absolute atomic E-state index is 0.0119. The van der Waals surface area contributed by atoms with Gasteiger partial charge in [-0.3, -0.25) is 0 Å². The molecule has 0 bridgehead atoms. The lowest BCUT2D eigenvalue weighted by atomic mass is 10.1. The molecule has 192 valence electrons. The van der Waals surface area contributed by atoms with Crippen molar-refractivity contribution in [2.24, 2.45) is 0 Å². The van der Waals surface area contributed by atoms with Gasteiger partial charge in [-0.15, -0.1) is 0 Å². The number of anilines is 1. The first-order valence-corrected chi connectivity index (χ1v) is 12.3. The molecule has 36 heavy (non-hydrogen) atoms. The molecule has 0 aliphatic heterocycles. The molecule has 1 unspecified atom stereocenters. The van der Waals surface area contributed by atoms with Crippen LogP contribution in [0.2, 0.25) is 0 Å². The van der Waals surface area contributed by atoms with Crippen LogP contribution in [0.25, 0.3) is 0 Å². The number of nitrogens with one attached hydrogen (secondary N) is 1. The molecule has 0 radical (unpaired) electrons. The van der Waals surface area contributed by atoms with E-state index < -0.39 is 33.7 Å². The van der Waals surface area contributed by atoms with E-state index in [-0.39, 0.29) is 28.9 Å². The van der Waals surface area contributed by atoms with Gasteiger partial charge >= 0.3 is 22.3 Å². The third kappa shape index (κ3) is 6.97. The lowest BCUT2D eigenvalue weighted by Gasteiger charge is -2.29. The smallest absolute Gasteiger partial charge is 0.379 e. The number of hydrogen-bond acceptors (Lipinski definition) is 4. The van der Waals surface area contributed by atoms with Crippen LogP contribution in [0.4, 0.5) is 28.0 Å². The van der Waals surface area contributed by atoms with Gasteiger partial charge in [0.1, 0.15) is 16.5 Å². The number of benzene rings is 3. The highest BCUT2D eigenvalue weighted by Gasteiger charge is 2.30. The van der Waals surface area contributed by atoms with Crippen molar-refractivity contribution in [3.63, 3.8) is 0 Å². The second kappa shape index (κ2) is 11.0. The number of rotatable bonds is 8. The predicted octanol–water partition coefficient (Wildman–Crippen LogP) is 6.44. The first-order chi connectivity index (χ1) is 16.9. The molecule has 0 fully saturated rings. The van der Waals surface area contributed by atoms with Gasteiger partial charge in [0.25, 0.3) is 0 Å². The van der Waals surface area contributed by atoms with E-state index in [4.69, 9.17) is 4.18 Å². The van der Waals surface area contributed by atoms with Crippen LogP contribution < -0.4 is 9.50 Å². The van der Waals surface area contributed by atoms with E-state index >= 15 is 0 Å². The Kier molecular flexibility index (Phi) is 8.24. The highest BCUT2D eigenvalue weighted by molar-refractivity contribution is 7.87. The maximum atomic E-state index is 13.1. The van der Waals surface area contributed by atoms with Crippen LogP contribution >= 0.6 is 0 Å². The summed E-state index contributed by atoms with van der Waals surface area (Å²) in [6.07, 6.45) is -3.95. The van der Waals surface area contributed by atoms with E-state index in [0.29, 0.717) is 12.0 Å². The van der Waals surface area contributed by atoms with Crippen molar-refractivity contribution in [2.75, 3.05) is 5.32 Å². The van der Waals surface area contributed by atoms with Crippen molar-refractivity contribution in [3.05, 3.63) is 89.7 Å². The summed E-state index contributed by atoms with van der Waals surface area (Å²) < 4.78 is 81.9. The fourth-order valence-electron chi connectivity index (χ4n) is 3.24. The van der Waals surface area contributed by atoms with E-state index in [1.807, 2.05) is 6.92 Å². The van der Waals surface area contributed by atoms with Crippen LogP contribution in [-0.4, -0.2) is 25.4 Å². The summed E-state index contributed by atoms with van der Waals surface area (Å²) in [5.74, 6) is -0.562. The first-order valence-electron chi connectivity index (χ1n) is 10.9. The molecular weight excluding hydrogens is 500 g/mol. The summed E-state index contributed by atoms with van der Waals surface area (Å²) in [4.78, 5) is 14.2. The van der Waals surface area contributed by atoms with Crippen LogP contribution in [0.15, 0.2) is 77.7 Å². The lowest BCUT2D eigenvalue weighted by Crippen LogP contribution is -2.40. The molecule has 0 saturated carbocycles. The minimum Gasteiger partial charge on any atom is -0.379 e. The monoisotopic (exact) mass is 524 g/mol. The maximum Gasteiger partial charge on any atom is 0.416 e. The molecular formula is C25H24F4N2O4S. The molecule has 2 amide bonds. The zero-order valence-corrected chi connectivity index (χ0v) is 20.2. The third-order valence-corrected chi connectivity index (χ3v) is 6.67. The van der Waals surface area contributed by atoms with E-state index in [1.54, 1.807) is 19.1 Å². The van der Waals surface area contributed by atoms with Gasteiger partial charge in [0.2, 0.25) is 0 Å². The first kappa shape index (κ1) is 27.0. The van der Waals surface area contributed by atoms with Gasteiger partial charge in [-0.05, 0) is 73.5 Å². The number of alkyl halides is 3. The molecule has 3 rings (SSSR count). The highest BCUT2D eigenvalue weighted by Crippen LogP contribution is 2.31. The number of nitrogens with zero attached hydrogens (tertiary/aromatic N) is 1. The quantitative estimate of drug-likeness (QED) is 0.272. The Morgan fingerprint density at radius 3 is 2.25 bits per heavy atom. The van der Waals surface area contributed by atoms with Crippen molar-refractivity contribution in [2.45, 2.75) is 43.9 Å². The fraction of sp³-hybridized carbons (Fsp3) is 0.240. The van der Waals surface area contributed by atoms with Gasteiger partial charge in [0.05, 0.1) is 5.56 Å². The van der Waals surface area contributed by atoms with Crippen molar-refractivity contribution in [3.8, 4) is 5.75 Å². The zero-order valence-electron chi connectivity index (χ0n) is 19.4. The maximum absolute atomic E-state index is 13.1. The van der Waals surface area contributed by atoms with Gasteiger partial charge in [-0.2, -0.15) is 21.6 Å². The number of carbonyl (C=O) groups is 1. The van der Waals surface area contributed by atoms with Crippen molar-refractivity contribution >= 4 is 21.8 Å². The molecule has 3 aromatic rings. The molecule has 0 spiro atoms. The zero-order chi connectivity index (χ0) is 26.5. The summed E-state index contributed by atoms with van der Waals surface area (Å²) in [5.41, 5.74) is -0.222. The largest absolute Gasteiger partial charge is 0.416 e. The topological polar surface area (TPSA) is 75.7 Å². The normalized spacial score (nSPS) is 12.6. The van der Waals surface area contributed by atoms with Crippen LogP contribution in [0.5, 0.6) is 5.75 Å². The Balaban J connectivity index is 1.72. The average molecular weight is 525 g/mol. The van der Waals surface area contributed by atoms with E-state index in [9.17, 15) is 30.8 Å². The Hall–Kier alpha value is -3.60. The number of hydrogen-bond donors (Lipinski definition) is 1. The molecule has 3 aromatic carbocycles. The van der Waals surface area contributed by atoms with Crippen LogP contribution in [0, 0.1) is 5.82 Å². The summed E-state index contributed by atoms with van der Waals surface area (Å²) in [6, 6.07) is 13.7. The Morgan fingerprint density at radius 2 is 1.67 bits per heavy atom. The highest BCUT2D eigenvalue weighted by atomic mass is 32.2. The minimum atomic E-state index is -4.54. The fourth-order valence-corrected chi connectivity index (χ4v) is 4.17. The summed E-state index contributed by atoms with van der Waals surface area (Å²) in [7, 11) is -4.17. The van der Waals surface area contributed by atoms with Crippen LogP contribution in [-0.2, 0) is 22.8 Å². The molecule has 0 aliphatic rings. The third-order valence-electron chi connectivity index (χ3n) is 5.41. The Labute approximate surface area is 206 Å². The molecule has 1 N–H and O–H groups in total. The molecule has 6 nitrogen and oxygen atoms in total. The van der Waals surface area contributed by atoms with E-state index in [1.165, 1.54) is 29.2 Å². The Morgan fingerprint density at radius 1 is 1.03 bits per heavy atom. The second-order valence-corrected chi connectivity index (χ2v) is 9.58. The molecule has 0 heterocycles. The second-order valence-electron chi connectivity index (χ2n) is 8.03. The number of halogens is 4. The van der Waals surface area contributed by atoms with Crippen LogP contribution in [0.3, 0.4) is 0 Å². The van der Waals surface area contributed by atoms with E-state index in [0.717, 1.165) is 36.4 Å². The average Bonchev–Trinajstić information content (AvgIpc) is 2.82. The SMILES string of the molecule is CCC(C)N(Cc1ccc(OS(=O)(=O)c2ccc(F)cc2)cc1)C(=O)Nc1cccc(C(F)(F)F)c1. The van der Waals surface area contributed by atoms with Gasteiger partial charge in [-0.25, -0.2) is 9.18 Å². The van der Waals surface area contributed by atoms with Gasteiger partial charge in [0, 0.05) is 18.3 Å².